The normalized spacial score (nSPS) is 21.8. The van der Waals surface area contributed by atoms with Crippen molar-refractivity contribution in [3.8, 4) is 5.88 Å². The van der Waals surface area contributed by atoms with Crippen molar-refractivity contribution in [3.63, 3.8) is 0 Å². The zero-order valence-corrected chi connectivity index (χ0v) is 16.9. The predicted octanol–water partition coefficient (Wildman–Crippen LogP) is 3.73. The number of ether oxygens (including phenoxy) is 1. The maximum Gasteiger partial charge on any atom is 0.251 e. The van der Waals surface area contributed by atoms with Gasteiger partial charge in [0, 0.05) is 40.9 Å². The third-order valence-electron chi connectivity index (χ3n) is 5.31. The number of carbonyl (C=O) groups excluding carboxylic acids is 1. The van der Waals surface area contributed by atoms with E-state index in [4.69, 9.17) is 22.1 Å². The van der Waals surface area contributed by atoms with Gasteiger partial charge in [0.25, 0.3) is 5.91 Å². The summed E-state index contributed by atoms with van der Waals surface area (Å²) in [6, 6.07) is 11.4. The van der Waals surface area contributed by atoms with Crippen LogP contribution in [0.1, 0.15) is 41.6 Å². The molecule has 27 heavy (non-hydrogen) atoms. The van der Waals surface area contributed by atoms with E-state index in [2.05, 4.69) is 16.4 Å². The van der Waals surface area contributed by atoms with Gasteiger partial charge in [-0.1, -0.05) is 23.7 Å². The van der Waals surface area contributed by atoms with Crippen LogP contribution in [-0.2, 0) is 5.41 Å². The van der Waals surface area contributed by atoms with Crippen molar-refractivity contribution in [3.05, 3.63) is 58.7 Å². The molecule has 0 saturated heterocycles. The highest BCUT2D eigenvalue weighted by Crippen LogP contribution is 2.39. The molecule has 0 unspecified atom stereocenters. The molecule has 1 fully saturated rings. The van der Waals surface area contributed by atoms with Crippen molar-refractivity contribution in [2.75, 3.05) is 13.7 Å². The van der Waals surface area contributed by atoms with Gasteiger partial charge in [-0.25, -0.2) is 4.98 Å². The molecule has 3 rings (SSSR count). The summed E-state index contributed by atoms with van der Waals surface area (Å²) in [7, 11) is 1.54. The lowest BCUT2D eigenvalue weighted by atomic mass is 9.68. The first-order valence-corrected chi connectivity index (χ1v) is 9.21. The lowest BCUT2D eigenvalue weighted by molar-refractivity contribution is 0.0917. The number of nitrogens with two attached hydrogens (primary N) is 1. The number of hydrogen-bond acceptors (Lipinski definition) is 4. The maximum absolute atomic E-state index is 12.5. The van der Waals surface area contributed by atoms with E-state index in [-0.39, 0.29) is 29.8 Å². The summed E-state index contributed by atoms with van der Waals surface area (Å²) in [6.07, 6.45) is 5.20. The summed E-state index contributed by atoms with van der Waals surface area (Å²) in [5.41, 5.74) is 7.82. The highest BCUT2D eigenvalue weighted by molar-refractivity contribution is 6.30. The monoisotopic (exact) mass is 409 g/mol. The quantitative estimate of drug-likeness (QED) is 0.788. The van der Waals surface area contributed by atoms with E-state index in [0.717, 1.165) is 30.7 Å². The lowest BCUT2D eigenvalue weighted by Gasteiger charge is -2.40. The molecule has 1 saturated carbocycles. The molecule has 1 amide bonds. The summed E-state index contributed by atoms with van der Waals surface area (Å²) in [6.45, 7) is 0.579. The van der Waals surface area contributed by atoms with Crippen LogP contribution in [0.2, 0.25) is 5.02 Å². The number of benzene rings is 1. The van der Waals surface area contributed by atoms with Crippen LogP contribution in [0.4, 0.5) is 0 Å². The Labute approximate surface area is 171 Å². The van der Waals surface area contributed by atoms with Gasteiger partial charge in [-0.3, -0.25) is 4.79 Å². The van der Waals surface area contributed by atoms with Crippen LogP contribution >= 0.6 is 24.0 Å². The maximum atomic E-state index is 12.5. The Kier molecular flexibility index (Phi) is 7.48. The van der Waals surface area contributed by atoms with Gasteiger partial charge in [-0.2, -0.15) is 0 Å². The molecular weight excluding hydrogens is 385 g/mol. The topological polar surface area (TPSA) is 77.2 Å². The van der Waals surface area contributed by atoms with E-state index in [1.165, 1.54) is 12.7 Å². The number of pyridine rings is 1. The zero-order chi connectivity index (χ0) is 18.6. The first-order chi connectivity index (χ1) is 12.6. The van der Waals surface area contributed by atoms with E-state index in [9.17, 15) is 4.79 Å². The Morgan fingerprint density at radius 1 is 1.33 bits per heavy atom. The van der Waals surface area contributed by atoms with Gasteiger partial charge < -0.3 is 15.8 Å². The molecule has 0 atom stereocenters. The molecule has 2 aromatic rings. The fraction of sp³-hybridized carbons (Fsp3) is 0.400. The molecule has 7 heteroatoms. The molecule has 3 N–H and O–H groups in total. The number of nitrogens with one attached hydrogen (secondary N) is 1. The summed E-state index contributed by atoms with van der Waals surface area (Å²) < 4.78 is 5.08. The largest absolute Gasteiger partial charge is 0.481 e. The van der Waals surface area contributed by atoms with Gasteiger partial charge in [0.05, 0.1) is 7.11 Å². The van der Waals surface area contributed by atoms with Gasteiger partial charge in [-0.15, -0.1) is 12.4 Å². The number of hydrogen-bond donors (Lipinski definition) is 2. The predicted molar refractivity (Wildman–Crippen MR) is 110 cm³/mol. The third-order valence-corrected chi connectivity index (χ3v) is 5.55. The molecule has 0 bridgehead atoms. The van der Waals surface area contributed by atoms with Crippen LogP contribution in [0.15, 0.2) is 42.6 Å². The first kappa shape index (κ1) is 21.5. The fourth-order valence-corrected chi connectivity index (χ4v) is 3.87. The average molecular weight is 410 g/mol. The average Bonchev–Trinajstić information content (AvgIpc) is 2.69. The molecular formula is C20H25Cl2N3O2. The van der Waals surface area contributed by atoms with E-state index in [0.29, 0.717) is 18.0 Å². The standard InChI is InChI=1S/C20H24ClN3O2.ClH/c1-26-18-11-14(7-10-23-18)19(25)24-17-5-8-20(13-22,9-6-17)15-3-2-4-16(21)12-15;/h2-4,7,10-12,17H,5-6,8-9,13,22H2,1H3,(H,24,25);1H. The summed E-state index contributed by atoms with van der Waals surface area (Å²) in [5, 5.41) is 3.86. The van der Waals surface area contributed by atoms with Crippen molar-refractivity contribution in [2.45, 2.75) is 37.1 Å². The van der Waals surface area contributed by atoms with Gasteiger partial charge in [0.2, 0.25) is 5.88 Å². The van der Waals surface area contributed by atoms with Crippen LogP contribution in [0, 0.1) is 0 Å². The number of methoxy groups -OCH3 is 1. The van der Waals surface area contributed by atoms with E-state index in [1.807, 2.05) is 18.2 Å². The van der Waals surface area contributed by atoms with Crippen molar-refractivity contribution in [2.24, 2.45) is 5.73 Å². The highest BCUT2D eigenvalue weighted by atomic mass is 35.5. The minimum atomic E-state index is -0.0984. The number of aromatic nitrogens is 1. The highest BCUT2D eigenvalue weighted by Gasteiger charge is 2.36. The zero-order valence-electron chi connectivity index (χ0n) is 15.3. The molecule has 0 aliphatic heterocycles. The van der Waals surface area contributed by atoms with Crippen LogP contribution in [-0.4, -0.2) is 30.6 Å². The second-order valence-corrected chi connectivity index (χ2v) is 7.27. The number of halogens is 2. The Morgan fingerprint density at radius 3 is 2.70 bits per heavy atom. The Hall–Kier alpha value is -1.82. The van der Waals surface area contributed by atoms with Crippen LogP contribution in [0.25, 0.3) is 0 Å². The van der Waals surface area contributed by atoms with Crippen molar-refractivity contribution >= 4 is 29.9 Å². The van der Waals surface area contributed by atoms with Crippen LogP contribution in [0.5, 0.6) is 5.88 Å². The van der Waals surface area contributed by atoms with Gasteiger partial charge in [0.15, 0.2) is 0 Å². The first-order valence-electron chi connectivity index (χ1n) is 8.83. The van der Waals surface area contributed by atoms with Crippen LogP contribution < -0.4 is 15.8 Å². The molecule has 0 radical (unpaired) electrons. The number of nitrogens with zero attached hydrogens (tertiary/aromatic N) is 1. The molecule has 146 valence electrons. The summed E-state index contributed by atoms with van der Waals surface area (Å²) >= 11 is 6.16. The van der Waals surface area contributed by atoms with Crippen molar-refractivity contribution < 1.29 is 9.53 Å². The summed E-state index contributed by atoms with van der Waals surface area (Å²) in [5.74, 6) is 0.336. The van der Waals surface area contributed by atoms with E-state index in [1.54, 1.807) is 18.3 Å². The minimum Gasteiger partial charge on any atom is -0.481 e. The lowest BCUT2D eigenvalue weighted by Crippen LogP contribution is -2.45. The molecule has 1 aliphatic rings. The Bertz CT molecular complexity index is 777. The molecule has 1 heterocycles. The second kappa shape index (κ2) is 9.40. The second-order valence-electron chi connectivity index (χ2n) is 6.83. The Balaban J connectivity index is 0.00000261. The SMILES string of the molecule is COc1cc(C(=O)NC2CCC(CN)(c3cccc(Cl)c3)CC2)ccn1.Cl. The number of rotatable bonds is 5. The van der Waals surface area contributed by atoms with Crippen molar-refractivity contribution in [1.82, 2.24) is 10.3 Å². The molecule has 1 aromatic carbocycles. The number of carbonyl (C=O) groups is 1. The molecule has 1 aromatic heterocycles. The van der Waals surface area contributed by atoms with Gasteiger partial charge in [-0.05, 0) is 49.4 Å². The molecule has 0 spiro atoms. The van der Waals surface area contributed by atoms with Gasteiger partial charge >= 0.3 is 0 Å². The van der Waals surface area contributed by atoms with Crippen LogP contribution in [0.3, 0.4) is 0 Å². The van der Waals surface area contributed by atoms with E-state index < -0.39 is 0 Å². The van der Waals surface area contributed by atoms with Crippen molar-refractivity contribution in [1.29, 1.82) is 0 Å². The Morgan fingerprint density at radius 2 is 2.07 bits per heavy atom. The molecule has 5 nitrogen and oxygen atoms in total. The van der Waals surface area contributed by atoms with Gasteiger partial charge in [0.1, 0.15) is 0 Å². The fourth-order valence-electron chi connectivity index (χ4n) is 3.67. The molecule has 1 aliphatic carbocycles. The number of amides is 1. The summed E-state index contributed by atoms with van der Waals surface area (Å²) in [4.78, 5) is 16.5. The van der Waals surface area contributed by atoms with E-state index >= 15 is 0 Å². The smallest absolute Gasteiger partial charge is 0.251 e. The third kappa shape index (κ3) is 4.92. The minimum absolute atomic E-state index is 0.